The molecule has 0 amide bonds. The molecule has 2 atom stereocenters. The maximum absolute atomic E-state index is 13.0. The Kier molecular flexibility index (Phi) is 5.15. The van der Waals surface area contributed by atoms with Crippen LogP contribution in [-0.4, -0.2) is 29.0 Å². The van der Waals surface area contributed by atoms with E-state index in [-0.39, 0.29) is 21.5 Å². The number of rotatable bonds is 4. The number of nitro benzene ring substituents is 1. The molecule has 0 aliphatic carbocycles. The van der Waals surface area contributed by atoms with E-state index >= 15 is 0 Å². The lowest BCUT2D eigenvalue weighted by molar-refractivity contribution is -0.384. The number of hydrogen-bond donors (Lipinski definition) is 0. The molecule has 2 aromatic carbocycles. The first-order valence-corrected chi connectivity index (χ1v) is 10.2. The first-order valence-electron chi connectivity index (χ1n) is 7.46. The summed E-state index contributed by atoms with van der Waals surface area (Å²) in [5, 5.41) is 11.3. The number of hydrogen-bond acceptors (Lipinski definition) is 4. The molecule has 0 aromatic heterocycles. The Morgan fingerprint density at radius 1 is 1.20 bits per heavy atom. The highest BCUT2D eigenvalue weighted by Gasteiger charge is 2.41. The Balaban J connectivity index is 1.99. The molecule has 1 fully saturated rings. The van der Waals surface area contributed by atoms with Crippen molar-refractivity contribution in [1.29, 1.82) is 0 Å². The van der Waals surface area contributed by atoms with E-state index < -0.39 is 14.9 Å². The van der Waals surface area contributed by atoms with Crippen molar-refractivity contribution >= 4 is 43.2 Å². The van der Waals surface area contributed by atoms with Gasteiger partial charge in [0.2, 0.25) is 10.0 Å². The topological polar surface area (TPSA) is 80.5 Å². The number of benzene rings is 2. The molecule has 3 rings (SSSR count). The summed E-state index contributed by atoms with van der Waals surface area (Å²) in [7, 11) is -3.79. The molecule has 1 saturated heterocycles. The molecule has 6 nitrogen and oxygen atoms in total. The van der Waals surface area contributed by atoms with Crippen molar-refractivity contribution in [3.8, 4) is 0 Å². The van der Waals surface area contributed by atoms with Gasteiger partial charge in [-0.3, -0.25) is 10.1 Å². The number of halogens is 2. The van der Waals surface area contributed by atoms with E-state index in [4.69, 9.17) is 11.6 Å². The lowest BCUT2D eigenvalue weighted by Crippen LogP contribution is -2.32. The standard InChI is InChI=1S/C16H14BrClN2O4S/c17-15-8-9-19(16(15)11-2-1-3-12(18)10-11)25(23,24)14-6-4-13(5-7-14)20(21)22/h1-7,10,15-16H,8-9H2/t15-,16+/m1/s1. The Labute approximate surface area is 158 Å². The minimum Gasteiger partial charge on any atom is -0.258 e. The van der Waals surface area contributed by atoms with Gasteiger partial charge in [-0.2, -0.15) is 4.31 Å². The third-order valence-electron chi connectivity index (χ3n) is 4.12. The van der Waals surface area contributed by atoms with Crippen LogP contribution in [0.15, 0.2) is 53.4 Å². The molecule has 132 valence electrons. The van der Waals surface area contributed by atoms with Gasteiger partial charge in [0, 0.05) is 28.5 Å². The van der Waals surface area contributed by atoms with Crippen LogP contribution in [0.5, 0.6) is 0 Å². The zero-order valence-corrected chi connectivity index (χ0v) is 16.0. The van der Waals surface area contributed by atoms with Crippen LogP contribution in [0.25, 0.3) is 0 Å². The molecule has 9 heteroatoms. The van der Waals surface area contributed by atoms with Gasteiger partial charge in [-0.05, 0) is 36.2 Å². The van der Waals surface area contributed by atoms with E-state index in [0.717, 1.165) is 5.56 Å². The summed E-state index contributed by atoms with van der Waals surface area (Å²) in [4.78, 5) is 10.2. The number of sulfonamides is 1. The van der Waals surface area contributed by atoms with Crippen LogP contribution in [0.3, 0.4) is 0 Å². The molecule has 0 unspecified atom stereocenters. The van der Waals surface area contributed by atoms with Gasteiger partial charge in [-0.25, -0.2) is 8.42 Å². The summed E-state index contributed by atoms with van der Waals surface area (Å²) in [5.74, 6) is 0. The minimum atomic E-state index is -3.79. The van der Waals surface area contributed by atoms with Crippen molar-refractivity contribution in [3.05, 3.63) is 69.2 Å². The Morgan fingerprint density at radius 3 is 2.48 bits per heavy atom. The van der Waals surface area contributed by atoms with Crippen molar-refractivity contribution in [2.45, 2.75) is 22.2 Å². The monoisotopic (exact) mass is 444 g/mol. The fourth-order valence-electron chi connectivity index (χ4n) is 2.94. The molecule has 0 bridgehead atoms. The second kappa shape index (κ2) is 7.03. The van der Waals surface area contributed by atoms with Crippen LogP contribution in [0.2, 0.25) is 5.02 Å². The lowest BCUT2D eigenvalue weighted by atomic mass is 10.1. The molecule has 25 heavy (non-hydrogen) atoms. The highest BCUT2D eigenvalue weighted by Crippen LogP contribution is 2.41. The maximum Gasteiger partial charge on any atom is 0.269 e. The highest BCUT2D eigenvalue weighted by atomic mass is 79.9. The Bertz CT molecular complexity index is 905. The smallest absolute Gasteiger partial charge is 0.258 e. The molecule has 1 aliphatic rings. The fourth-order valence-corrected chi connectivity index (χ4v) is 5.75. The predicted octanol–water partition coefficient (Wildman–Crippen LogP) is 4.15. The summed E-state index contributed by atoms with van der Waals surface area (Å²) >= 11 is 9.61. The second-order valence-electron chi connectivity index (χ2n) is 5.67. The van der Waals surface area contributed by atoms with Crippen molar-refractivity contribution < 1.29 is 13.3 Å². The van der Waals surface area contributed by atoms with Crippen LogP contribution >= 0.6 is 27.5 Å². The second-order valence-corrected chi connectivity index (χ2v) is 9.17. The third kappa shape index (κ3) is 3.57. The number of non-ortho nitro benzene ring substituents is 1. The van der Waals surface area contributed by atoms with E-state index in [9.17, 15) is 18.5 Å². The van der Waals surface area contributed by atoms with E-state index in [1.165, 1.54) is 28.6 Å². The van der Waals surface area contributed by atoms with E-state index in [2.05, 4.69) is 15.9 Å². The van der Waals surface area contributed by atoms with Gasteiger partial charge < -0.3 is 0 Å². The average Bonchev–Trinajstić information content (AvgIpc) is 2.97. The van der Waals surface area contributed by atoms with Gasteiger partial charge in [-0.15, -0.1) is 0 Å². The van der Waals surface area contributed by atoms with Crippen molar-refractivity contribution in [2.75, 3.05) is 6.54 Å². The zero-order valence-electron chi connectivity index (χ0n) is 12.9. The van der Waals surface area contributed by atoms with Crippen molar-refractivity contribution in [1.82, 2.24) is 4.31 Å². The quantitative estimate of drug-likeness (QED) is 0.402. The third-order valence-corrected chi connectivity index (χ3v) is 7.21. The number of alkyl halides is 1. The molecule has 0 N–H and O–H groups in total. The SMILES string of the molecule is O=[N+]([O-])c1ccc(S(=O)(=O)N2CC[C@@H](Br)[C@@H]2c2cccc(Cl)c2)cc1. The summed E-state index contributed by atoms with van der Waals surface area (Å²) < 4.78 is 27.5. The van der Waals surface area contributed by atoms with E-state index in [0.29, 0.717) is 18.0 Å². The molecule has 0 spiro atoms. The van der Waals surface area contributed by atoms with Crippen LogP contribution in [0, 0.1) is 10.1 Å². The fraction of sp³-hybridized carbons (Fsp3) is 0.250. The molecule has 0 radical (unpaired) electrons. The Morgan fingerprint density at radius 2 is 1.88 bits per heavy atom. The van der Waals surface area contributed by atoms with Crippen LogP contribution < -0.4 is 0 Å². The highest BCUT2D eigenvalue weighted by molar-refractivity contribution is 9.09. The largest absolute Gasteiger partial charge is 0.269 e. The van der Waals surface area contributed by atoms with Gasteiger partial charge in [0.05, 0.1) is 15.9 Å². The number of nitrogens with zero attached hydrogens (tertiary/aromatic N) is 2. The van der Waals surface area contributed by atoms with Gasteiger partial charge in [0.1, 0.15) is 0 Å². The lowest BCUT2D eigenvalue weighted by Gasteiger charge is -2.26. The first-order chi connectivity index (χ1) is 11.8. The molecule has 0 saturated carbocycles. The van der Waals surface area contributed by atoms with Crippen molar-refractivity contribution in [3.63, 3.8) is 0 Å². The predicted molar refractivity (Wildman–Crippen MR) is 98.5 cm³/mol. The molecule has 1 aliphatic heterocycles. The normalized spacial score (nSPS) is 21.4. The van der Waals surface area contributed by atoms with Gasteiger partial charge >= 0.3 is 0 Å². The Hall–Kier alpha value is -1.48. The summed E-state index contributed by atoms with van der Waals surface area (Å²) in [6.45, 7) is 0.354. The van der Waals surface area contributed by atoms with Gasteiger partial charge in [0.25, 0.3) is 5.69 Å². The van der Waals surface area contributed by atoms with Crippen LogP contribution in [0.1, 0.15) is 18.0 Å². The number of nitro groups is 1. The zero-order chi connectivity index (χ0) is 18.2. The summed E-state index contributed by atoms with van der Waals surface area (Å²) in [5.41, 5.74) is 0.655. The minimum absolute atomic E-state index is 0.0340. The van der Waals surface area contributed by atoms with E-state index in [1.54, 1.807) is 18.2 Å². The first kappa shape index (κ1) is 18.3. The molecule has 2 aromatic rings. The maximum atomic E-state index is 13.0. The molecular formula is C16H14BrClN2O4S. The molecular weight excluding hydrogens is 432 g/mol. The van der Waals surface area contributed by atoms with Crippen LogP contribution in [0.4, 0.5) is 5.69 Å². The summed E-state index contributed by atoms with van der Waals surface area (Å²) in [6, 6.07) is 11.7. The molecule has 1 heterocycles. The summed E-state index contributed by atoms with van der Waals surface area (Å²) in [6.07, 6.45) is 0.656. The van der Waals surface area contributed by atoms with Gasteiger partial charge in [0.15, 0.2) is 0 Å². The van der Waals surface area contributed by atoms with Gasteiger partial charge in [-0.1, -0.05) is 39.7 Å². The van der Waals surface area contributed by atoms with Crippen LogP contribution in [-0.2, 0) is 10.0 Å². The van der Waals surface area contributed by atoms with Crippen molar-refractivity contribution in [2.24, 2.45) is 0 Å². The average molecular weight is 446 g/mol. The van der Waals surface area contributed by atoms with E-state index in [1.807, 2.05) is 6.07 Å².